The van der Waals surface area contributed by atoms with Crippen LogP contribution in [0.1, 0.15) is 19.3 Å². The van der Waals surface area contributed by atoms with Crippen molar-refractivity contribution in [2.75, 3.05) is 71.4 Å². The molecule has 0 unspecified atom stereocenters. The van der Waals surface area contributed by atoms with Crippen LogP contribution in [0.3, 0.4) is 0 Å². The number of halogens is 1. The number of anilines is 4. The van der Waals surface area contributed by atoms with E-state index in [2.05, 4.69) is 49.0 Å². The van der Waals surface area contributed by atoms with Gasteiger partial charge in [0.2, 0.25) is 0 Å². The Bertz CT molecular complexity index is 2660. The molecule has 2 aliphatic rings. The zero-order valence-corrected chi connectivity index (χ0v) is 38.3. The maximum atomic E-state index is 13.7. The van der Waals surface area contributed by atoms with Crippen molar-refractivity contribution in [1.29, 1.82) is 0 Å². The van der Waals surface area contributed by atoms with Crippen LogP contribution >= 0.6 is 23.4 Å². The number of sulfonamides is 1. The molecule has 0 saturated carbocycles. The Morgan fingerprint density at radius 1 is 0.810 bits per heavy atom. The van der Waals surface area contributed by atoms with Crippen molar-refractivity contribution < 1.29 is 21.9 Å². The molecule has 0 spiro atoms. The third kappa shape index (κ3) is 11.2. The minimum Gasteiger partial charge on any atom is -0.393 e. The molecule has 1 atom stereocenters. The number of likely N-dealkylation sites (tertiary alicyclic amines) is 1. The summed E-state index contributed by atoms with van der Waals surface area (Å²) in [5.74, 6) is 0.677. The number of hydrogen-bond acceptors (Lipinski definition) is 11. The molecule has 12 nitrogen and oxygen atoms in total. The molecule has 8 rings (SSSR count). The van der Waals surface area contributed by atoms with Gasteiger partial charge in [0, 0.05) is 103 Å². The Labute approximate surface area is 380 Å². The molecular weight excluding hydrogens is 874 g/mol. The zero-order valence-electron chi connectivity index (χ0n) is 35.0. The first-order chi connectivity index (χ1) is 30.5. The highest BCUT2D eigenvalue weighted by molar-refractivity contribution is 7.99. The number of rotatable bonds is 16. The number of nitrogens with zero attached hydrogens (tertiary/aromatic N) is 5. The molecule has 3 N–H and O–H groups in total. The van der Waals surface area contributed by atoms with Crippen LogP contribution in [-0.4, -0.2) is 100 Å². The van der Waals surface area contributed by atoms with Crippen molar-refractivity contribution in [2.45, 2.75) is 46.1 Å². The normalized spacial score (nSPS) is 15.7. The molecular formula is C47H52ClN7O5S3. The highest BCUT2D eigenvalue weighted by Crippen LogP contribution is 2.34. The summed E-state index contributed by atoms with van der Waals surface area (Å²) in [4.78, 5) is 12.6. The van der Waals surface area contributed by atoms with Crippen molar-refractivity contribution >= 4 is 66.8 Å². The molecule has 0 bridgehead atoms. The minimum atomic E-state index is -4.12. The molecule has 3 heterocycles. The number of nitrogens with one attached hydrogen (secondary N) is 2. The van der Waals surface area contributed by atoms with E-state index in [1.165, 1.54) is 12.1 Å². The second-order valence-electron chi connectivity index (χ2n) is 16.0. The summed E-state index contributed by atoms with van der Waals surface area (Å²) in [6.45, 7) is 5.58. The molecule has 63 heavy (non-hydrogen) atoms. The van der Waals surface area contributed by atoms with Crippen LogP contribution < -0.4 is 19.8 Å². The average molecular weight is 927 g/mol. The lowest BCUT2D eigenvalue weighted by Crippen LogP contribution is -2.46. The molecule has 2 aliphatic heterocycles. The Morgan fingerprint density at radius 2 is 1.51 bits per heavy atom. The van der Waals surface area contributed by atoms with Gasteiger partial charge in [-0.25, -0.2) is 21.8 Å². The van der Waals surface area contributed by atoms with Gasteiger partial charge in [-0.15, -0.1) is 11.8 Å². The lowest BCUT2D eigenvalue weighted by atomic mass is 10.0. The lowest BCUT2D eigenvalue weighted by molar-refractivity contribution is 0.0817. The van der Waals surface area contributed by atoms with Crippen molar-refractivity contribution in [2.24, 2.45) is 7.05 Å². The van der Waals surface area contributed by atoms with Crippen LogP contribution in [0.2, 0.25) is 5.02 Å². The van der Waals surface area contributed by atoms with Gasteiger partial charge in [-0.3, -0.25) is 4.72 Å². The van der Waals surface area contributed by atoms with E-state index in [4.69, 9.17) is 16.6 Å². The lowest BCUT2D eigenvalue weighted by Gasteiger charge is -2.37. The summed E-state index contributed by atoms with van der Waals surface area (Å²) in [6, 6.07) is 37.7. The molecule has 5 aromatic carbocycles. The van der Waals surface area contributed by atoms with Crippen molar-refractivity contribution in [3.63, 3.8) is 0 Å². The quantitative estimate of drug-likeness (QED) is 0.0556. The fourth-order valence-corrected chi connectivity index (χ4v) is 11.1. The largest absolute Gasteiger partial charge is 0.393 e. The average Bonchev–Trinajstić information content (AvgIpc) is 3.69. The third-order valence-corrected chi connectivity index (χ3v) is 15.3. The number of thioether (sulfide) groups is 1. The minimum absolute atomic E-state index is 0.0793. The van der Waals surface area contributed by atoms with E-state index in [1.807, 2.05) is 84.7 Å². The van der Waals surface area contributed by atoms with Crippen molar-refractivity contribution in [3.8, 4) is 22.5 Å². The first kappa shape index (κ1) is 44.6. The number of benzene rings is 5. The fraction of sp³-hybridized carbons (Fsp3) is 0.298. The number of aliphatic hydroxyl groups excluding tert-OH is 1. The van der Waals surface area contributed by atoms with Gasteiger partial charge in [-0.1, -0.05) is 54.1 Å². The van der Waals surface area contributed by atoms with E-state index in [9.17, 15) is 21.9 Å². The Hall–Kier alpha value is -5.03. The molecule has 1 aromatic heterocycles. The van der Waals surface area contributed by atoms with Gasteiger partial charge in [0.05, 0.1) is 39.3 Å². The number of piperidine rings is 1. The molecule has 0 aliphatic carbocycles. The first-order valence-corrected chi connectivity index (χ1v) is 25.2. The zero-order chi connectivity index (χ0) is 43.9. The molecule has 0 radical (unpaired) electrons. The molecule has 16 heteroatoms. The number of imidazole rings is 1. The number of hydrogen-bond donors (Lipinski definition) is 4. The highest BCUT2D eigenvalue weighted by atomic mass is 35.5. The van der Waals surface area contributed by atoms with Crippen molar-refractivity contribution in [3.05, 3.63) is 133 Å². The SMILES string of the molecule is Cn1cnc(-c2cccc(N3CCN(c4ccc(NS(=O)(=O)c5ccc(N[C@H](CCN6CCC(O)CC6)CSc6ccccc6)c([SH](=O)=O)c5)cc4)CC3)c2)c1-c1ccc(Cl)cc1. The highest BCUT2D eigenvalue weighted by Gasteiger charge is 2.23. The summed E-state index contributed by atoms with van der Waals surface area (Å²) in [5, 5.41) is 14.1. The second kappa shape index (κ2) is 20.2. The molecule has 330 valence electrons. The van der Waals surface area contributed by atoms with E-state index < -0.39 is 20.7 Å². The Morgan fingerprint density at radius 3 is 2.21 bits per heavy atom. The number of aromatic nitrogens is 2. The van der Waals surface area contributed by atoms with Gasteiger partial charge in [-0.05, 0) is 98.1 Å². The first-order valence-electron chi connectivity index (χ1n) is 21.1. The van der Waals surface area contributed by atoms with E-state index in [0.29, 0.717) is 22.2 Å². The second-order valence-corrected chi connectivity index (χ2v) is 20.2. The fourth-order valence-electron chi connectivity index (χ4n) is 8.18. The number of piperazine rings is 1. The van der Waals surface area contributed by atoms with E-state index in [0.717, 1.165) is 104 Å². The molecule has 0 amide bonds. The van der Waals surface area contributed by atoms with Crippen LogP contribution in [0.25, 0.3) is 22.5 Å². The molecule has 2 saturated heterocycles. The summed E-state index contributed by atoms with van der Waals surface area (Å²) in [5.41, 5.74) is 6.85. The van der Waals surface area contributed by atoms with E-state index in [1.54, 1.807) is 30.0 Å². The van der Waals surface area contributed by atoms with Crippen molar-refractivity contribution in [1.82, 2.24) is 14.5 Å². The molecule has 6 aromatic rings. The van der Waals surface area contributed by atoms with Gasteiger partial charge >= 0.3 is 0 Å². The van der Waals surface area contributed by atoms with E-state index >= 15 is 0 Å². The van der Waals surface area contributed by atoms with Crippen LogP contribution in [0.5, 0.6) is 0 Å². The van der Waals surface area contributed by atoms with Crippen LogP contribution in [0, 0.1) is 0 Å². The summed E-state index contributed by atoms with van der Waals surface area (Å²) >= 11 is 7.85. The van der Waals surface area contributed by atoms with Gasteiger partial charge in [0.1, 0.15) is 0 Å². The monoisotopic (exact) mass is 925 g/mol. The third-order valence-electron chi connectivity index (χ3n) is 11.7. The number of aryl methyl sites for hydroxylation is 1. The van der Waals surface area contributed by atoms with Gasteiger partial charge in [0.15, 0.2) is 10.7 Å². The number of thiol groups is 1. The van der Waals surface area contributed by atoms with Gasteiger partial charge in [-0.2, -0.15) is 0 Å². The van der Waals surface area contributed by atoms with Crippen LogP contribution in [0.15, 0.2) is 142 Å². The summed E-state index contributed by atoms with van der Waals surface area (Å²) in [7, 11) is -5.24. The smallest absolute Gasteiger partial charge is 0.261 e. The Balaban J connectivity index is 0.895. The van der Waals surface area contributed by atoms with Gasteiger partial charge in [0.25, 0.3) is 10.0 Å². The maximum absolute atomic E-state index is 13.7. The number of aliphatic hydroxyl groups is 1. The summed E-state index contributed by atoms with van der Waals surface area (Å²) < 4.78 is 57.2. The van der Waals surface area contributed by atoms with Crippen LogP contribution in [0.4, 0.5) is 22.7 Å². The standard InChI is InChI=1S/C47H52ClN7O5S3/c1-52-33-49-46(47(52)34-10-12-36(48)13-11-34)35-6-5-7-40(30-35)55-28-26-54(27-29-55)39-16-14-37(15-17-39)51-63(59,60)43-18-19-44(45(31-43)62(57)58)50-38(32-61-42-8-3-2-4-9-42)20-23-53-24-21-41(56)22-25-53/h2-19,30-31,33,38,41,50-51,56,62H,20-29,32H2,1H3/t38-/m1/s1. The van der Waals surface area contributed by atoms with E-state index in [-0.39, 0.29) is 21.9 Å². The predicted molar refractivity (Wildman–Crippen MR) is 257 cm³/mol. The summed E-state index contributed by atoms with van der Waals surface area (Å²) in [6.07, 6.45) is 3.79. The Kier molecular flexibility index (Phi) is 14.3. The van der Waals surface area contributed by atoms with Gasteiger partial charge < -0.3 is 29.7 Å². The maximum Gasteiger partial charge on any atom is 0.261 e. The predicted octanol–water partition coefficient (Wildman–Crippen LogP) is 7.92. The van der Waals surface area contributed by atoms with Crippen LogP contribution in [-0.2, 0) is 27.8 Å². The molecule has 2 fully saturated rings. The topological polar surface area (TPSA) is 140 Å².